The average molecular weight is 248 g/mol. The van der Waals surface area contributed by atoms with Crippen molar-refractivity contribution in [2.24, 2.45) is 0 Å². The lowest BCUT2D eigenvalue weighted by molar-refractivity contribution is -0.137. The molecule has 0 amide bonds. The van der Waals surface area contributed by atoms with Crippen molar-refractivity contribution in [2.45, 2.75) is 25.1 Å². The van der Waals surface area contributed by atoms with Crippen LogP contribution in [0.1, 0.15) is 24.5 Å². The maximum atomic E-state index is 12.5. The number of benzene rings is 1. The summed E-state index contributed by atoms with van der Waals surface area (Å²) in [5.41, 5.74) is -1.93. The van der Waals surface area contributed by atoms with Crippen molar-refractivity contribution in [3.63, 3.8) is 0 Å². The van der Waals surface area contributed by atoms with Crippen LogP contribution in [0.4, 0.5) is 13.2 Å². The van der Waals surface area contributed by atoms with Gasteiger partial charge in [-0.2, -0.15) is 13.2 Å². The van der Waals surface area contributed by atoms with Crippen LogP contribution in [-0.2, 0) is 16.5 Å². The van der Waals surface area contributed by atoms with Crippen LogP contribution in [0.3, 0.4) is 0 Å². The van der Waals surface area contributed by atoms with E-state index in [1.54, 1.807) is 6.92 Å². The van der Waals surface area contributed by atoms with Gasteiger partial charge in [-0.05, 0) is 24.1 Å². The predicted octanol–water partition coefficient (Wildman–Crippen LogP) is 2.95. The molecule has 0 aliphatic carbocycles. The van der Waals surface area contributed by atoms with E-state index in [0.717, 1.165) is 12.1 Å². The van der Waals surface area contributed by atoms with Gasteiger partial charge in [-0.3, -0.25) is 0 Å². The summed E-state index contributed by atoms with van der Waals surface area (Å²) >= 11 is 0. The molecule has 0 fully saturated rings. The Balaban J connectivity index is 3.14. The summed E-state index contributed by atoms with van der Waals surface area (Å²) in [4.78, 5) is 0. The Morgan fingerprint density at radius 2 is 1.82 bits per heavy atom. The fourth-order valence-corrected chi connectivity index (χ4v) is 1.61. The molecule has 17 heavy (non-hydrogen) atoms. The van der Waals surface area contributed by atoms with E-state index in [9.17, 15) is 18.3 Å². The Labute approximate surface area is 98.0 Å². The van der Waals surface area contributed by atoms with Gasteiger partial charge < -0.3 is 9.84 Å². The third-order valence-electron chi connectivity index (χ3n) is 2.70. The zero-order valence-electron chi connectivity index (χ0n) is 9.71. The number of hydrogen-bond acceptors (Lipinski definition) is 2. The van der Waals surface area contributed by atoms with Gasteiger partial charge in [0.2, 0.25) is 0 Å². The Morgan fingerprint density at radius 3 is 2.29 bits per heavy atom. The maximum absolute atomic E-state index is 12.5. The highest BCUT2D eigenvalue weighted by atomic mass is 19.4. The quantitative estimate of drug-likeness (QED) is 0.887. The van der Waals surface area contributed by atoms with Crippen LogP contribution < -0.4 is 0 Å². The lowest BCUT2D eigenvalue weighted by Crippen LogP contribution is -2.30. The number of hydrogen-bond donors (Lipinski definition) is 1. The largest absolute Gasteiger partial charge is 0.416 e. The highest BCUT2D eigenvalue weighted by molar-refractivity contribution is 5.30. The lowest BCUT2D eigenvalue weighted by atomic mass is 9.91. The van der Waals surface area contributed by atoms with E-state index >= 15 is 0 Å². The molecule has 0 aliphatic heterocycles. The summed E-state index contributed by atoms with van der Waals surface area (Å²) in [5.74, 6) is 0. The molecule has 0 saturated carbocycles. The smallest absolute Gasteiger partial charge is 0.383 e. The third-order valence-corrected chi connectivity index (χ3v) is 2.70. The van der Waals surface area contributed by atoms with E-state index in [-0.39, 0.29) is 18.6 Å². The molecule has 96 valence electrons. The molecule has 0 bridgehead atoms. The summed E-state index contributed by atoms with van der Waals surface area (Å²) < 4.78 is 42.4. The first-order valence-corrected chi connectivity index (χ1v) is 5.22. The summed E-state index contributed by atoms with van der Waals surface area (Å²) in [7, 11) is 1.40. The Kier molecular flexibility index (Phi) is 4.16. The highest BCUT2D eigenvalue weighted by Crippen LogP contribution is 2.33. The van der Waals surface area contributed by atoms with Gasteiger partial charge in [-0.1, -0.05) is 19.1 Å². The van der Waals surface area contributed by atoms with Gasteiger partial charge in [-0.15, -0.1) is 0 Å². The minimum Gasteiger partial charge on any atom is -0.383 e. The Bertz CT molecular complexity index is 376. The van der Waals surface area contributed by atoms with Gasteiger partial charge in [0.15, 0.2) is 0 Å². The van der Waals surface area contributed by atoms with Crippen LogP contribution in [0.5, 0.6) is 0 Å². The van der Waals surface area contributed by atoms with Gasteiger partial charge in [0, 0.05) is 7.11 Å². The molecule has 0 heterocycles. The van der Waals surface area contributed by atoms with E-state index in [0.29, 0.717) is 0 Å². The van der Waals surface area contributed by atoms with E-state index < -0.39 is 17.3 Å². The van der Waals surface area contributed by atoms with E-state index in [1.165, 1.54) is 19.2 Å². The first kappa shape index (κ1) is 14.0. The molecular formula is C12H15F3O2. The van der Waals surface area contributed by atoms with Gasteiger partial charge in [0.1, 0.15) is 5.60 Å². The van der Waals surface area contributed by atoms with Crippen LogP contribution in [0, 0.1) is 0 Å². The predicted molar refractivity (Wildman–Crippen MR) is 57.5 cm³/mol. The number of halogens is 3. The minimum atomic E-state index is -4.41. The number of alkyl halides is 3. The normalized spacial score (nSPS) is 15.6. The lowest BCUT2D eigenvalue weighted by Gasteiger charge is -2.27. The third kappa shape index (κ3) is 3.20. The SMILES string of the molecule is CCC(O)(COC)c1cccc(C(F)(F)F)c1. The van der Waals surface area contributed by atoms with E-state index in [4.69, 9.17) is 4.74 Å². The number of methoxy groups -OCH3 is 1. The van der Waals surface area contributed by atoms with E-state index in [1.807, 2.05) is 0 Å². The summed E-state index contributed by atoms with van der Waals surface area (Å²) in [6, 6.07) is 4.70. The van der Waals surface area contributed by atoms with Crippen molar-refractivity contribution in [1.82, 2.24) is 0 Å². The van der Waals surface area contributed by atoms with Gasteiger partial charge >= 0.3 is 6.18 Å². The van der Waals surface area contributed by atoms with Gasteiger partial charge in [0.25, 0.3) is 0 Å². The second kappa shape index (κ2) is 5.06. The number of aliphatic hydroxyl groups is 1. The number of ether oxygens (including phenoxy) is 1. The molecule has 1 unspecified atom stereocenters. The second-order valence-electron chi connectivity index (χ2n) is 3.90. The molecule has 1 aromatic carbocycles. The molecule has 0 aromatic heterocycles. The van der Waals surface area contributed by atoms with Crippen molar-refractivity contribution in [3.8, 4) is 0 Å². The van der Waals surface area contributed by atoms with Gasteiger partial charge in [0.05, 0.1) is 12.2 Å². The first-order chi connectivity index (χ1) is 7.83. The average Bonchev–Trinajstić information content (AvgIpc) is 2.28. The summed E-state index contributed by atoms with van der Waals surface area (Å²) in [6.07, 6.45) is -4.13. The fraction of sp³-hybridized carbons (Fsp3) is 0.500. The Hall–Kier alpha value is -1.07. The van der Waals surface area contributed by atoms with E-state index in [2.05, 4.69) is 0 Å². The van der Waals surface area contributed by atoms with Gasteiger partial charge in [-0.25, -0.2) is 0 Å². The molecular weight excluding hydrogens is 233 g/mol. The highest BCUT2D eigenvalue weighted by Gasteiger charge is 2.33. The molecule has 0 aliphatic rings. The maximum Gasteiger partial charge on any atom is 0.416 e. The number of rotatable bonds is 4. The fourth-order valence-electron chi connectivity index (χ4n) is 1.61. The molecule has 1 atom stereocenters. The minimum absolute atomic E-state index is 0.0369. The standard InChI is InChI=1S/C12H15F3O2/c1-3-11(16,8-17-2)9-5-4-6-10(7-9)12(13,14)15/h4-7,16H,3,8H2,1-2H3. The molecule has 0 spiro atoms. The molecule has 0 saturated heterocycles. The van der Waals surface area contributed by atoms with Crippen molar-refractivity contribution < 1.29 is 23.0 Å². The zero-order valence-corrected chi connectivity index (χ0v) is 9.71. The summed E-state index contributed by atoms with van der Waals surface area (Å²) in [6.45, 7) is 1.66. The van der Waals surface area contributed by atoms with Crippen molar-refractivity contribution in [3.05, 3.63) is 35.4 Å². The van der Waals surface area contributed by atoms with Crippen LogP contribution in [0.15, 0.2) is 24.3 Å². The van der Waals surface area contributed by atoms with Crippen LogP contribution in [0.2, 0.25) is 0 Å². The zero-order chi connectivity index (χ0) is 13.1. The van der Waals surface area contributed by atoms with Crippen LogP contribution >= 0.6 is 0 Å². The molecule has 2 nitrogen and oxygen atoms in total. The molecule has 0 radical (unpaired) electrons. The monoisotopic (exact) mass is 248 g/mol. The molecule has 1 N–H and O–H groups in total. The van der Waals surface area contributed by atoms with Crippen molar-refractivity contribution >= 4 is 0 Å². The topological polar surface area (TPSA) is 29.5 Å². The van der Waals surface area contributed by atoms with Crippen molar-refractivity contribution in [2.75, 3.05) is 13.7 Å². The summed E-state index contributed by atoms with van der Waals surface area (Å²) in [5, 5.41) is 10.2. The molecule has 5 heteroatoms. The Morgan fingerprint density at radius 1 is 1.24 bits per heavy atom. The van der Waals surface area contributed by atoms with Crippen molar-refractivity contribution in [1.29, 1.82) is 0 Å². The van der Waals surface area contributed by atoms with Crippen LogP contribution in [0.25, 0.3) is 0 Å². The van der Waals surface area contributed by atoms with Crippen LogP contribution in [-0.4, -0.2) is 18.8 Å². The molecule has 1 rings (SSSR count). The molecule has 1 aromatic rings. The second-order valence-corrected chi connectivity index (χ2v) is 3.90. The first-order valence-electron chi connectivity index (χ1n) is 5.22.